The van der Waals surface area contributed by atoms with Crippen molar-refractivity contribution in [1.29, 1.82) is 0 Å². The Morgan fingerprint density at radius 1 is 1.42 bits per heavy atom. The van der Waals surface area contributed by atoms with E-state index < -0.39 is 55.4 Å². The third-order valence-electron chi connectivity index (χ3n) is 3.62. The van der Waals surface area contributed by atoms with Gasteiger partial charge in [-0.15, -0.1) is 0 Å². The Bertz CT molecular complexity index is 751. The molecule has 1 fully saturated rings. The predicted molar refractivity (Wildman–Crippen MR) is 83.5 cm³/mol. The summed E-state index contributed by atoms with van der Waals surface area (Å²) in [6, 6.07) is 0. The van der Waals surface area contributed by atoms with E-state index in [9.17, 15) is 27.6 Å². The second-order valence-electron chi connectivity index (χ2n) is 5.44. The second kappa shape index (κ2) is 7.65. The molecule has 0 amide bonds. The van der Waals surface area contributed by atoms with Gasteiger partial charge in [-0.2, -0.15) is 13.8 Å². The number of hydrogen-bond donors (Lipinski definition) is 2. The summed E-state index contributed by atoms with van der Waals surface area (Å²) >= 11 is 0. The lowest BCUT2D eigenvalue weighted by Gasteiger charge is -2.22. The SMILES string of the molecule is CCOP(=O)(C[C@H]1O[C@@H](n2cc(F)c(N)nc2=O)C(F)(F)[C@@H]1O)OCC. The number of aliphatic hydroxyl groups excluding tert-OH is 1. The van der Waals surface area contributed by atoms with E-state index in [-0.39, 0.29) is 17.8 Å². The Kier molecular flexibility index (Phi) is 6.13. The topological polar surface area (TPSA) is 126 Å². The fourth-order valence-corrected chi connectivity index (χ4v) is 4.30. The molecule has 1 aliphatic heterocycles. The quantitative estimate of drug-likeness (QED) is 0.651. The molecule has 2 heterocycles. The lowest BCUT2D eigenvalue weighted by atomic mass is 10.1. The highest BCUT2D eigenvalue weighted by Crippen LogP contribution is 2.53. The largest absolute Gasteiger partial charge is 0.384 e. The number of nitrogens with zero attached hydrogens (tertiary/aromatic N) is 2. The first-order valence-corrected chi connectivity index (χ1v) is 9.42. The molecule has 26 heavy (non-hydrogen) atoms. The van der Waals surface area contributed by atoms with Gasteiger partial charge in [-0.3, -0.25) is 9.13 Å². The van der Waals surface area contributed by atoms with Crippen LogP contribution in [0.25, 0.3) is 0 Å². The lowest BCUT2D eigenvalue weighted by Crippen LogP contribution is -2.42. The number of hydrogen-bond acceptors (Lipinski definition) is 8. The summed E-state index contributed by atoms with van der Waals surface area (Å²) in [6.45, 7) is 3.01. The van der Waals surface area contributed by atoms with E-state index in [0.717, 1.165) is 0 Å². The average molecular weight is 401 g/mol. The smallest absolute Gasteiger partial charge is 0.352 e. The molecule has 13 heteroatoms. The van der Waals surface area contributed by atoms with Gasteiger partial charge in [0.2, 0.25) is 6.23 Å². The number of anilines is 1. The number of nitrogens with two attached hydrogens (primary N) is 1. The molecule has 0 saturated carbocycles. The molecule has 3 atom stereocenters. The Hall–Kier alpha value is -1.46. The molecular formula is C13H19F3N3O6P. The third-order valence-corrected chi connectivity index (χ3v) is 5.73. The minimum atomic E-state index is -4.00. The highest BCUT2D eigenvalue weighted by atomic mass is 31.2. The molecule has 0 unspecified atom stereocenters. The van der Waals surface area contributed by atoms with E-state index in [0.29, 0.717) is 6.20 Å². The van der Waals surface area contributed by atoms with Crippen LogP contribution in [0.2, 0.25) is 0 Å². The fourth-order valence-electron chi connectivity index (χ4n) is 2.50. The van der Waals surface area contributed by atoms with Crippen LogP contribution < -0.4 is 11.4 Å². The van der Waals surface area contributed by atoms with Crippen LogP contribution in [0.4, 0.5) is 19.0 Å². The van der Waals surface area contributed by atoms with Gasteiger partial charge in [-0.1, -0.05) is 0 Å². The average Bonchev–Trinajstić information content (AvgIpc) is 2.75. The predicted octanol–water partition coefficient (Wildman–Crippen LogP) is 1.12. The first kappa shape index (κ1) is 20.8. The lowest BCUT2D eigenvalue weighted by molar-refractivity contribution is -0.140. The zero-order chi connectivity index (χ0) is 19.7. The van der Waals surface area contributed by atoms with Crippen LogP contribution >= 0.6 is 7.60 Å². The number of aromatic nitrogens is 2. The van der Waals surface area contributed by atoms with Crippen LogP contribution in [0.3, 0.4) is 0 Å². The highest BCUT2D eigenvalue weighted by Gasteiger charge is 2.61. The molecular weight excluding hydrogens is 382 g/mol. The first-order chi connectivity index (χ1) is 12.1. The van der Waals surface area contributed by atoms with Gasteiger partial charge in [-0.05, 0) is 13.8 Å². The molecule has 1 aliphatic rings. The summed E-state index contributed by atoms with van der Waals surface area (Å²) in [7, 11) is -3.82. The van der Waals surface area contributed by atoms with Crippen LogP contribution in [-0.4, -0.2) is 52.2 Å². The molecule has 3 N–H and O–H groups in total. The van der Waals surface area contributed by atoms with Crippen molar-refractivity contribution in [2.24, 2.45) is 0 Å². The van der Waals surface area contributed by atoms with E-state index in [1.165, 1.54) is 13.8 Å². The van der Waals surface area contributed by atoms with E-state index in [2.05, 4.69) is 4.98 Å². The number of ether oxygens (including phenoxy) is 1. The van der Waals surface area contributed by atoms with Crippen LogP contribution in [-0.2, 0) is 18.3 Å². The van der Waals surface area contributed by atoms with E-state index in [1.54, 1.807) is 0 Å². The molecule has 0 aliphatic carbocycles. The number of rotatable bonds is 7. The standard InChI is InChI=1S/C13H19F3N3O6P/c1-3-23-26(22,24-4-2)6-8-9(20)13(15,16)11(25-8)19-5-7(14)10(17)18-12(19)21/h5,8-9,11,20H,3-4,6H2,1-2H3,(H2,17,18,21)/t8-,9-,11-/m1/s1. The van der Waals surface area contributed by atoms with Crippen molar-refractivity contribution in [2.75, 3.05) is 25.1 Å². The first-order valence-electron chi connectivity index (χ1n) is 7.69. The second-order valence-corrected chi connectivity index (χ2v) is 7.54. The van der Waals surface area contributed by atoms with Crippen molar-refractivity contribution >= 4 is 13.4 Å². The Labute approximate surface area is 146 Å². The number of alkyl halides is 2. The Morgan fingerprint density at radius 2 is 2.00 bits per heavy atom. The Morgan fingerprint density at radius 3 is 2.54 bits per heavy atom. The van der Waals surface area contributed by atoms with Gasteiger partial charge >= 0.3 is 19.2 Å². The summed E-state index contributed by atoms with van der Waals surface area (Å²) in [6.07, 6.45) is -6.76. The zero-order valence-electron chi connectivity index (χ0n) is 14.0. The van der Waals surface area contributed by atoms with Gasteiger partial charge in [0.25, 0.3) is 0 Å². The maximum absolute atomic E-state index is 14.4. The molecule has 1 saturated heterocycles. The summed E-state index contributed by atoms with van der Waals surface area (Å²) in [5.74, 6) is -5.97. The molecule has 1 aromatic heterocycles. The molecule has 148 valence electrons. The van der Waals surface area contributed by atoms with E-state index in [4.69, 9.17) is 19.5 Å². The molecule has 1 aromatic rings. The maximum atomic E-state index is 14.4. The molecule has 0 bridgehead atoms. The van der Waals surface area contributed by atoms with Crippen LogP contribution in [0.15, 0.2) is 11.0 Å². The Balaban J connectivity index is 2.34. The fraction of sp³-hybridized carbons (Fsp3) is 0.692. The van der Waals surface area contributed by atoms with E-state index in [1.807, 2.05) is 0 Å². The van der Waals surface area contributed by atoms with Gasteiger partial charge in [0.05, 0.1) is 25.6 Å². The van der Waals surface area contributed by atoms with Crippen LogP contribution in [0.1, 0.15) is 20.1 Å². The van der Waals surface area contributed by atoms with Crippen LogP contribution in [0, 0.1) is 5.82 Å². The third kappa shape index (κ3) is 3.94. The van der Waals surface area contributed by atoms with Gasteiger partial charge < -0.3 is 24.6 Å². The zero-order valence-corrected chi connectivity index (χ0v) is 14.9. The molecule has 0 radical (unpaired) electrons. The van der Waals surface area contributed by atoms with Gasteiger partial charge in [-0.25, -0.2) is 9.18 Å². The van der Waals surface area contributed by atoms with Crippen molar-refractivity contribution in [3.05, 3.63) is 22.5 Å². The summed E-state index contributed by atoms with van der Waals surface area (Å²) in [5.41, 5.74) is 3.82. The van der Waals surface area contributed by atoms with Crippen molar-refractivity contribution < 1.29 is 36.6 Å². The van der Waals surface area contributed by atoms with Crippen molar-refractivity contribution in [1.82, 2.24) is 9.55 Å². The number of nitrogen functional groups attached to an aromatic ring is 1. The van der Waals surface area contributed by atoms with E-state index >= 15 is 0 Å². The maximum Gasteiger partial charge on any atom is 0.352 e. The van der Waals surface area contributed by atoms with Crippen molar-refractivity contribution in [3.8, 4) is 0 Å². The molecule has 0 spiro atoms. The molecule has 9 nitrogen and oxygen atoms in total. The minimum absolute atomic E-state index is 0.0214. The van der Waals surface area contributed by atoms with Gasteiger partial charge in [0.1, 0.15) is 12.2 Å². The summed E-state index contributed by atoms with van der Waals surface area (Å²) in [4.78, 5) is 14.9. The number of aliphatic hydroxyl groups is 1. The highest BCUT2D eigenvalue weighted by molar-refractivity contribution is 7.53. The molecule has 2 rings (SSSR count). The number of halogens is 3. The summed E-state index contributed by atoms with van der Waals surface area (Å²) < 4.78 is 70.0. The van der Waals surface area contributed by atoms with Gasteiger partial charge in [0, 0.05) is 0 Å². The normalized spacial score (nSPS) is 25.5. The molecule has 0 aromatic carbocycles. The van der Waals surface area contributed by atoms with Gasteiger partial charge in [0.15, 0.2) is 11.6 Å². The monoisotopic (exact) mass is 401 g/mol. The van der Waals surface area contributed by atoms with Crippen molar-refractivity contribution in [2.45, 2.75) is 38.2 Å². The summed E-state index contributed by atoms with van der Waals surface area (Å²) in [5, 5.41) is 9.90. The minimum Gasteiger partial charge on any atom is -0.384 e. The van der Waals surface area contributed by atoms with Crippen molar-refractivity contribution in [3.63, 3.8) is 0 Å². The van der Waals surface area contributed by atoms with Crippen LogP contribution in [0.5, 0.6) is 0 Å².